The van der Waals surface area contributed by atoms with Gasteiger partial charge in [0.15, 0.2) is 0 Å². The van der Waals surface area contributed by atoms with E-state index in [1.807, 2.05) is 0 Å². The van der Waals surface area contributed by atoms with Gasteiger partial charge in [-0.2, -0.15) is 0 Å². The summed E-state index contributed by atoms with van der Waals surface area (Å²) in [6.07, 6.45) is 0. The van der Waals surface area contributed by atoms with Crippen LogP contribution in [0.3, 0.4) is 0 Å². The first kappa shape index (κ1) is 14.8. The number of nitrogens with one attached hydrogen (secondary N) is 1. The van der Waals surface area contributed by atoms with Gasteiger partial charge in [-0.25, -0.2) is 9.97 Å². The van der Waals surface area contributed by atoms with Crippen molar-refractivity contribution in [2.24, 2.45) is 0 Å². The average Bonchev–Trinajstić information content (AvgIpc) is 2.33. The quantitative estimate of drug-likeness (QED) is 0.913. The smallest absolute Gasteiger partial charge is 0.259 e. The lowest BCUT2D eigenvalue weighted by Gasteiger charge is -2.11. The highest BCUT2D eigenvalue weighted by molar-refractivity contribution is 6.44. The third-order valence-corrected chi connectivity index (χ3v) is 3.63. The van der Waals surface area contributed by atoms with Crippen molar-refractivity contribution in [1.82, 2.24) is 9.97 Å². The lowest BCUT2D eigenvalue weighted by Crippen LogP contribution is -2.17. The van der Waals surface area contributed by atoms with Crippen molar-refractivity contribution in [1.29, 1.82) is 0 Å². The van der Waals surface area contributed by atoms with Crippen LogP contribution in [0.15, 0.2) is 18.2 Å². The number of aryl methyl sites for hydroxylation is 3. The van der Waals surface area contributed by atoms with E-state index in [0.29, 0.717) is 38.5 Å². The minimum atomic E-state index is -0.302. The molecule has 1 heterocycles. The third-order valence-electron chi connectivity index (χ3n) is 2.81. The highest BCUT2D eigenvalue weighted by atomic mass is 35.5. The number of hydrogen-bond donors (Lipinski definition) is 1. The minimum Gasteiger partial charge on any atom is -0.320 e. The summed E-state index contributed by atoms with van der Waals surface area (Å²) in [4.78, 5) is 20.7. The van der Waals surface area contributed by atoms with Gasteiger partial charge in [-0.15, -0.1) is 0 Å². The van der Waals surface area contributed by atoms with Crippen LogP contribution < -0.4 is 5.32 Å². The molecule has 2 aromatic rings. The lowest BCUT2D eigenvalue weighted by atomic mass is 10.1. The molecular formula is C14H13Cl2N3O. The number of rotatable bonds is 2. The summed E-state index contributed by atoms with van der Waals surface area (Å²) in [6.45, 7) is 5.34. The fourth-order valence-corrected chi connectivity index (χ4v) is 2.35. The summed E-state index contributed by atoms with van der Waals surface area (Å²) < 4.78 is 0. The number of benzene rings is 1. The number of aromatic nitrogens is 2. The minimum absolute atomic E-state index is 0.302. The van der Waals surface area contributed by atoms with Crippen molar-refractivity contribution in [2.75, 3.05) is 5.32 Å². The van der Waals surface area contributed by atoms with Crippen molar-refractivity contribution in [3.05, 3.63) is 51.0 Å². The topological polar surface area (TPSA) is 54.9 Å². The molecule has 104 valence electrons. The molecule has 4 nitrogen and oxygen atoms in total. The second kappa shape index (κ2) is 5.77. The van der Waals surface area contributed by atoms with Gasteiger partial charge in [-0.3, -0.25) is 4.79 Å². The van der Waals surface area contributed by atoms with Crippen molar-refractivity contribution in [3.8, 4) is 0 Å². The number of carbonyl (C=O) groups is 1. The summed E-state index contributed by atoms with van der Waals surface area (Å²) in [5.41, 5.74) is 2.17. The second-order valence-electron chi connectivity index (χ2n) is 4.37. The third kappa shape index (κ3) is 2.92. The van der Waals surface area contributed by atoms with Crippen LogP contribution in [0.1, 0.15) is 27.6 Å². The van der Waals surface area contributed by atoms with Crippen LogP contribution in [-0.2, 0) is 0 Å². The second-order valence-corrected chi connectivity index (χ2v) is 5.16. The van der Waals surface area contributed by atoms with Gasteiger partial charge in [-0.1, -0.05) is 29.3 Å². The molecule has 1 N–H and O–H groups in total. The van der Waals surface area contributed by atoms with Crippen molar-refractivity contribution in [2.45, 2.75) is 20.8 Å². The Kier molecular flexibility index (Phi) is 4.26. The van der Waals surface area contributed by atoms with E-state index in [4.69, 9.17) is 23.2 Å². The SMILES string of the molecule is Cc1nc(C)c(C(=O)Nc2cccc(Cl)c2Cl)c(C)n1. The summed E-state index contributed by atoms with van der Waals surface area (Å²) >= 11 is 12.0. The highest BCUT2D eigenvalue weighted by Gasteiger charge is 2.16. The molecule has 0 bridgehead atoms. The Bertz CT molecular complexity index is 663. The molecule has 0 unspecified atom stereocenters. The molecule has 0 spiro atoms. The van der Waals surface area contributed by atoms with Gasteiger partial charge in [-0.05, 0) is 32.9 Å². The zero-order chi connectivity index (χ0) is 14.9. The van der Waals surface area contributed by atoms with Gasteiger partial charge >= 0.3 is 0 Å². The van der Waals surface area contributed by atoms with E-state index >= 15 is 0 Å². The Morgan fingerprint density at radius 3 is 2.30 bits per heavy atom. The zero-order valence-corrected chi connectivity index (χ0v) is 12.8. The first-order valence-corrected chi connectivity index (χ1v) is 6.73. The largest absolute Gasteiger partial charge is 0.320 e. The van der Waals surface area contributed by atoms with Crippen molar-refractivity contribution >= 4 is 34.8 Å². The molecule has 1 amide bonds. The Balaban J connectivity index is 2.36. The van der Waals surface area contributed by atoms with E-state index < -0.39 is 0 Å². The Morgan fingerprint density at radius 1 is 1.10 bits per heavy atom. The number of nitrogens with zero attached hydrogens (tertiary/aromatic N) is 2. The molecule has 2 rings (SSSR count). The summed E-state index contributed by atoms with van der Waals surface area (Å²) in [6, 6.07) is 5.06. The molecule has 20 heavy (non-hydrogen) atoms. The fourth-order valence-electron chi connectivity index (χ4n) is 2.00. The maximum atomic E-state index is 12.3. The molecule has 0 radical (unpaired) electrons. The van der Waals surface area contributed by atoms with Crippen LogP contribution in [0.2, 0.25) is 10.0 Å². The Morgan fingerprint density at radius 2 is 1.70 bits per heavy atom. The highest BCUT2D eigenvalue weighted by Crippen LogP contribution is 2.30. The lowest BCUT2D eigenvalue weighted by molar-refractivity contribution is 0.102. The first-order valence-electron chi connectivity index (χ1n) is 5.97. The Hall–Kier alpha value is -1.65. The number of anilines is 1. The van der Waals surface area contributed by atoms with E-state index in [9.17, 15) is 4.79 Å². The van der Waals surface area contributed by atoms with Gasteiger partial charge in [0, 0.05) is 0 Å². The molecule has 0 aliphatic carbocycles. The molecule has 6 heteroatoms. The molecule has 0 atom stereocenters. The van der Waals surface area contributed by atoms with Crippen LogP contribution in [0.5, 0.6) is 0 Å². The zero-order valence-electron chi connectivity index (χ0n) is 11.3. The van der Waals surface area contributed by atoms with E-state index in [0.717, 1.165) is 0 Å². The maximum Gasteiger partial charge on any atom is 0.259 e. The van der Waals surface area contributed by atoms with Gasteiger partial charge in [0.25, 0.3) is 5.91 Å². The maximum absolute atomic E-state index is 12.3. The van der Waals surface area contributed by atoms with Crippen LogP contribution in [0.25, 0.3) is 0 Å². The van der Waals surface area contributed by atoms with Crippen LogP contribution in [0, 0.1) is 20.8 Å². The van der Waals surface area contributed by atoms with Gasteiger partial charge in [0.05, 0.1) is 32.7 Å². The van der Waals surface area contributed by atoms with Crippen molar-refractivity contribution < 1.29 is 4.79 Å². The van der Waals surface area contributed by atoms with E-state index in [-0.39, 0.29) is 5.91 Å². The van der Waals surface area contributed by atoms with E-state index in [1.165, 1.54) is 0 Å². The summed E-state index contributed by atoms with van der Waals surface area (Å²) in [5.74, 6) is 0.335. The summed E-state index contributed by atoms with van der Waals surface area (Å²) in [5, 5.41) is 3.43. The molecule has 0 saturated heterocycles. The van der Waals surface area contributed by atoms with E-state index in [1.54, 1.807) is 39.0 Å². The van der Waals surface area contributed by atoms with Gasteiger partial charge in [0.1, 0.15) is 5.82 Å². The molecule has 1 aromatic heterocycles. The average molecular weight is 310 g/mol. The first-order chi connectivity index (χ1) is 9.40. The predicted molar refractivity (Wildman–Crippen MR) is 80.7 cm³/mol. The molecule has 0 aliphatic heterocycles. The van der Waals surface area contributed by atoms with Crippen LogP contribution in [-0.4, -0.2) is 15.9 Å². The Labute approximate surface area is 127 Å². The van der Waals surface area contributed by atoms with Gasteiger partial charge in [0.2, 0.25) is 0 Å². The number of amides is 1. The van der Waals surface area contributed by atoms with Crippen molar-refractivity contribution in [3.63, 3.8) is 0 Å². The van der Waals surface area contributed by atoms with Gasteiger partial charge < -0.3 is 5.32 Å². The summed E-state index contributed by atoms with van der Waals surface area (Å²) in [7, 11) is 0. The number of halogens is 2. The fraction of sp³-hybridized carbons (Fsp3) is 0.214. The number of carbonyl (C=O) groups excluding carboxylic acids is 1. The van der Waals surface area contributed by atoms with Crippen LogP contribution in [0.4, 0.5) is 5.69 Å². The monoisotopic (exact) mass is 309 g/mol. The molecule has 1 aromatic carbocycles. The molecule has 0 fully saturated rings. The van der Waals surface area contributed by atoms with Crippen LogP contribution >= 0.6 is 23.2 Å². The van der Waals surface area contributed by atoms with E-state index in [2.05, 4.69) is 15.3 Å². The molecule has 0 aliphatic rings. The molecule has 0 saturated carbocycles. The number of hydrogen-bond acceptors (Lipinski definition) is 3. The normalized spacial score (nSPS) is 10.4. The molecular weight excluding hydrogens is 297 g/mol. The standard InChI is InChI=1S/C14H13Cl2N3O/c1-7-12(8(2)18-9(3)17-7)14(20)19-11-6-4-5-10(15)13(11)16/h4-6H,1-3H3,(H,19,20). The predicted octanol–water partition coefficient (Wildman–Crippen LogP) is 3.96.